The average molecular weight is 355 g/mol. The highest BCUT2D eigenvalue weighted by Gasteiger charge is 2.04. The summed E-state index contributed by atoms with van der Waals surface area (Å²) < 4.78 is 5.54. The Balaban J connectivity index is 1.67. The van der Waals surface area contributed by atoms with Crippen molar-refractivity contribution in [3.63, 3.8) is 0 Å². The van der Waals surface area contributed by atoms with Crippen LogP contribution in [0.4, 0.5) is 0 Å². The third kappa shape index (κ3) is 6.59. The van der Waals surface area contributed by atoms with Crippen LogP contribution in [0.3, 0.4) is 0 Å². The second kappa shape index (κ2) is 10.2. The zero-order valence-electron chi connectivity index (χ0n) is 15.0. The van der Waals surface area contributed by atoms with Crippen molar-refractivity contribution < 1.29 is 19.4 Å². The Morgan fingerprint density at radius 2 is 1.58 bits per heavy atom. The maximum absolute atomic E-state index is 11.9. The van der Waals surface area contributed by atoms with Crippen molar-refractivity contribution in [3.8, 4) is 5.75 Å². The first-order valence-corrected chi connectivity index (χ1v) is 8.89. The largest absolute Gasteiger partial charge is 0.494 e. The van der Waals surface area contributed by atoms with Gasteiger partial charge >= 0.3 is 5.97 Å². The minimum Gasteiger partial charge on any atom is -0.494 e. The molecule has 1 amide bonds. The summed E-state index contributed by atoms with van der Waals surface area (Å²) in [5, 5.41) is 11.8. The zero-order valence-corrected chi connectivity index (χ0v) is 15.0. The SMILES string of the molecule is CCCOc1ccc(CCC(=O)NCCc2ccc(C(=O)O)cc2)cc1. The number of amides is 1. The summed E-state index contributed by atoms with van der Waals surface area (Å²) in [6, 6.07) is 14.5. The number of rotatable bonds is 10. The fraction of sp³-hybridized carbons (Fsp3) is 0.333. The summed E-state index contributed by atoms with van der Waals surface area (Å²) in [7, 11) is 0. The number of ether oxygens (including phenoxy) is 1. The Kier molecular flexibility index (Phi) is 7.68. The Bertz CT molecular complexity index is 708. The number of hydrogen-bond donors (Lipinski definition) is 2. The van der Waals surface area contributed by atoms with Gasteiger partial charge < -0.3 is 15.2 Å². The molecule has 5 nitrogen and oxygen atoms in total. The number of benzene rings is 2. The Morgan fingerprint density at radius 1 is 0.962 bits per heavy atom. The van der Waals surface area contributed by atoms with Crippen molar-refractivity contribution >= 4 is 11.9 Å². The van der Waals surface area contributed by atoms with E-state index in [0.717, 1.165) is 23.3 Å². The van der Waals surface area contributed by atoms with Crippen molar-refractivity contribution in [3.05, 3.63) is 65.2 Å². The maximum atomic E-state index is 11.9. The molecule has 5 heteroatoms. The second-order valence-corrected chi connectivity index (χ2v) is 6.09. The Morgan fingerprint density at radius 3 is 2.19 bits per heavy atom. The molecule has 0 aliphatic carbocycles. The smallest absolute Gasteiger partial charge is 0.335 e. The summed E-state index contributed by atoms with van der Waals surface area (Å²) in [6.07, 6.45) is 2.78. The molecule has 0 aliphatic heterocycles. The lowest BCUT2D eigenvalue weighted by molar-refractivity contribution is -0.121. The quantitative estimate of drug-likeness (QED) is 0.684. The predicted molar refractivity (Wildman–Crippen MR) is 101 cm³/mol. The van der Waals surface area contributed by atoms with Crippen molar-refractivity contribution in [2.45, 2.75) is 32.6 Å². The summed E-state index contributed by atoms with van der Waals surface area (Å²) in [5.74, 6) is -0.0674. The van der Waals surface area contributed by atoms with Crippen LogP contribution in [0.25, 0.3) is 0 Å². The van der Waals surface area contributed by atoms with E-state index in [2.05, 4.69) is 12.2 Å². The summed E-state index contributed by atoms with van der Waals surface area (Å²) in [6.45, 7) is 3.31. The van der Waals surface area contributed by atoms with Crippen LogP contribution in [0.2, 0.25) is 0 Å². The van der Waals surface area contributed by atoms with Gasteiger partial charge in [0.25, 0.3) is 0 Å². The molecule has 26 heavy (non-hydrogen) atoms. The highest BCUT2D eigenvalue weighted by Crippen LogP contribution is 2.13. The number of nitrogens with one attached hydrogen (secondary N) is 1. The van der Waals surface area contributed by atoms with Gasteiger partial charge in [0, 0.05) is 13.0 Å². The van der Waals surface area contributed by atoms with Crippen molar-refractivity contribution in [1.82, 2.24) is 5.32 Å². The zero-order chi connectivity index (χ0) is 18.8. The van der Waals surface area contributed by atoms with Crippen LogP contribution in [0, 0.1) is 0 Å². The topological polar surface area (TPSA) is 75.6 Å². The lowest BCUT2D eigenvalue weighted by Crippen LogP contribution is -2.25. The molecule has 0 aromatic heterocycles. The number of hydrogen-bond acceptors (Lipinski definition) is 3. The van der Waals surface area contributed by atoms with Gasteiger partial charge in [-0.2, -0.15) is 0 Å². The van der Waals surface area contributed by atoms with Gasteiger partial charge in [-0.3, -0.25) is 4.79 Å². The van der Waals surface area contributed by atoms with E-state index in [4.69, 9.17) is 9.84 Å². The van der Waals surface area contributed by atoms with E-state index in [-0.39, 0.29) is 11.5 Å². The number of carbonyl (C=O) groups is 2. The molecule has 0 radical (unpaired) electrons. The number of carbonyl (C=O) groups excluding carboxylic acids is 1. The van der Waals surface area contributed by atoms with Crippen LogP contribution >= 0.6 is 0 Å². The first-order valence-electron chi connectivity index (χ1n) is 8.89. The molecule has 0 saturated carbocycles. The minimum atomic E-state index is -0.935. The first kappa shape index (κ1) is 19.5. The normalized spacial score (nSPS) is 10.3. The Hall–Kier alpha value is -2.82. The predicted octanol–water partition coefficient (Wildman–Crippen LogP) is 3.47. The number of carboxylic acids is 1. The highest BCUT2D eigenvalue weighted by atomic mass is 16.5. The van der Waals surface area contributed by atoms with E-state index in [1.54, 1.807) is 24.3 Å². The number of aryl methyl sites for hydroxylation is 1. The van der Waals surface area contributed by atoms with Crippen molar-refractivity contribution in [2.75, 3.05) is 13.2 Å². The molecule has 0 aliphatic rings. The van der Waals surface area contributed by atoms with E-state index in [0.29, 0.717) is 32.4 Å². The summed E-state index contributed by atoms with van der Waals surface area (Å²) in [4.78, 5) is 22.8. The molecule has 0 heterocycles. The molecule has 0 unspecified atom stereocenters. The second-order valence-electron chi connectivity index (χ2n) is 6.09. The molecule has 0 spiro atoms. The Labute approximate surface area is 154 Å². The minimum absolute atomic E-state index is 0.0125. The third-order valence-electron chi connectivity index (χ3n) is 3.97. The fourth-order valence-corrected chi connectivity index (χ4v) is 2.48. The van der Waals surface area contributed by atoms with Gasteiger partial charge in [0.2, 0.25) is 5.91 Å². The summed E-state index contributed by atoms with van der Waals surface area (Å²) >= 11 is 0. The molecule has 2 N–H and O–H groups in total. The highest BCUT2D eigenvalue weighted by molar-refractivity contribution is 5.87. The first-order chi connectivity index (χ1) is 12.6. The van der Waals surface area contributed by atoms with Crippen molar-refractivity contribution in [1.29, 1.82) is 0 Å². The average Bonchev–Trinajstić information content (AvgIpc) is 2.66. The maximum Gasteiger partial charge on any atom is 0.335 e. The van der Waals surface area contributed by atoms with Crippen LogP contribution < -0.4 is 10.1 Å². The number of aromatic carboxylic acids is 1. The van der Waals surface area contributed by atoms with Crippen LogP contribution in [0.15, 0.2) is 48.5 Å². The summed E-state index contributed by atoms with van der Waals surface area (Å²) in [5.41, 5.74) is 2.37. The van der Waals surface area contributed by atoms with Crippen LogP contribution in [-0.4, -0.2) is 30.1 Å². The van der Waals surface area contributed by atoms with E-state index in [1.807, 2.05) is 24.3 Å². The van der Waals surface area contributed by atoms with Gasteiger partial charge in [-0.1, -0.05) is 31.2 Å². The van der Waals surface area contributed by atoms with Gasteiger partial charge in [-0.15, -0.1) is 0 Å². The molecule has 0 saturated heterocycles. The van der Waals surface area contributed by atoms with Crippen LogP contribution in [0.5, 0.6) is 5.75 Å². The lowest BCUT2D eigenvalue weighted by atomic mass is 10.1. The standard InChI is InChI=1S/C21H25NO4/c1-2-15-26-19-10-5-16(6-11-19)7-12-20(23)22-14-13-17-3-8-18(9-4-17)21(24)25/h3-6,8-11H,2,7,12-15H2,1H3,(H,22,23)(H,24,25). The molecule has 0 fully saturated rings. The van der Waals surface area contributed by atoms with Gasteiger partial charge in [0.15, 0.2) is 0 Å². The van der Waals surface area contributed by atoms with Crippen molar-refractivity contribution in [2.24, 2.45) is 0 Å². The molecule has 138 valence electrons. The molecule has 2 aromatic carbocycles. The van der Waals surface area contributed by atoms with E-state index < -0.39 is 5.97 Å². The van der Waals surface area contributed by atoms with Gasteiger partial charge in [0.1, 0.15) is 5.75 Å². The number of carboxylic acid groups (broad SMARTS) is 1. The molecule has 2 rings (SSSR count). The molecular formula is C21H25NO4. The molecular weight excluding hydrogens is 330 g/mol. The third-order valence-corrected chi connectivity index (χ3v) is 3.97. The molecule has 2 aromatic rings. The van der Waals surface area contributed by atoms with Gasteiger partial charge in [-0.05, 0) is 54.7 Å². The molecule has 0 atom stereocenters. The van der Waals surface area contributed by atoms with E-state index >= 15 is 0 Å². The monoisotopic (exact) mass is 355 g/mol. The van der Waals surface area contributed by atoms with Gasteiger partial charge in [0.05, 0.1) is 12.2 Å². The lowest BCUT2D eigenvalue weighted by Gasteiger charge is -2.07. The molecule has 0 bridgehead atoms. The van der Waals surface area contributed by atoms with Crippen LogP contribution in [0.1, 0.15) is 41.3 Å². The fourth-order valence-electron chi connectivity index (χ4n) is 2.48. The van der Waals surface area contributed by atoms with E-state index in [1.165, 1.54) is 0 Å². The van der Waals surface area contributed by atoms with Crippen LogP contribution in [-0.2, 0) is 17.6 Å². The van der Waals surface area contributed by atoms with Gasteiger partial charge in [-0.25, -0.2) is 4.79 Å². The van der Waals surface area contributed by atoms with E-state index in [9.17, 15) is 9.59 Å².